The predicted molar refractivity (Wildman–Crippen MR) is 78.6 cm³/mol. The SMILES string of the molecule is COC(=O)Cc1nc2c3c(csc3n1)-c1ccccc1O2. The van der Waals surface area contributed by atoms with Crippen molar-refractivity contribution in [2.45, 2.75) is 6.42 Å². The average Bonchev–Trinajstić information content (AvgIpc) is 2.92. The Bertz CT molecular complexity index is 872. The van der Waals surface area contributed by atoms with Gasteiger partial charge in [-0.3, -0.25) is 4.79 Å². The molecule has 6 heteroatoms. The molecule has 0 bridgehead atoms. The van der Waals surface area contributed by atoms with Crippen LogP contribution in [0.3, 0.4) is 0 Å². The second-order valence-corrected chi connectivity index (χ2v) is 5.48. The number of aromatic nitrogens is 2. The summed E-state index contributed by atoms with van der Waals surface area (Å²) in [5.41, 5.74) is 2.12. The van der Waals surface area contributed by atoms with E-state index in [9.17, 15) is 4.79 Å². The van der Waals surface area contributed by atoms with Gasteiger partial charge in [-0.25, -0.2) is 4.98 Å². The average molecular weight is 298 g/mol. The van der Waals surface area contributed by atoms with Gasteiger partial charge in [0.15, 0.2) is 0 Å². The number of rotatable bonds is 2. The molecule has 0 aliphatic carbocycles. The van der Waals surface area contributed by atoms with Crippen LogP contribution in [-0.2, 0) is 16.0 Å². The van der Waals surface area contributed by atoms with Crippen molar-refractivity contribution in [3.8, 4) is 22.8 Å². The van der Waals surface area contributed by atoms with E-state index in [0.717, 1.165) is 27.1 Å². The third kappa shape index (κ3) is 1.87. The van der Waals surface area contributed by atoms with Gasteiger partial charge in [0.1, 0.15) is 22.8 Å². The van der Waals surface area contributed by atoms with Gasteiger partial charge >= 0.3 is 5.97 Å². The molecule has 1 aromatic carbocycles. The molecule has 104 valence electrons. The summed E-state index contributed by atoms with van der Waals surface area (Å²) in [5.74, 6) is 1.33. The highest BCUT2D eigenvalue weighted by Crippen LogP contribution is 2.47. The number of para-hydroxylation sites is 1. The van der Waals surface area contributed by atoms with Crippen LogP contribution in [0, 0.1) is 0 Å². The number of carbonyl (C=O) groups excluding carboxylic acids is 1. The lowest BCUT2D eigenvalue weighted by Crippen LogP contribution is -2.09. The second-order valence-electron chi connectivity index (χ2n) is 4.63. The number of nitrogens with zero attached hydrogens (tertiary/aromatic N) is 2. The molecule has 1 aliphatic heterocycles. The number of methoxy groups -OCH3 is 1. The van der Waals surface area contributed by atoms with Crippen molar-refractivity contribution in [1.82, 2.24) is 9.97 Å². The van der Waals surface area contributed by atoms with Gasteiger partial charge in [0, 0.05) is 16.5 Å². The largest absolute Gasteiger partial charge is 0.469 e. The van der Waals surface area contributed by atoms with Crippen LogP contribution >= 0.6 is 11.3 Å². The quantitative estimate of drug-likeness (QED) is 0.532. The third-order valence-electron chi connectivity index (χ3n) is 3.36. The first kappa shape index (κ1) is 12.3. The normalized spacial score (nSPS) is 11.9. The Labute approximate surface area is 124 Å². The minimum atomic E-state index is -0.366. The van der Waals surface area contributed by atoms with Crippen molar-refractivity contribution >= 4 is 27.5 Å². The van der Waals surface area contributed by atoms with Gasteiger partial charge in [0.05, 0.1) is 12.5 Å². The maximum absolute atomic E-state index is 11.4. The lowest BCUT2D eigenvalue weighted by molar-refractivity contribution is -0.139. The van der Waals surface area contributed by atoms with E-state index in [4.69, 9.17) is 4.74 Å². The molecule has 0 unspecified atom stereocenters. The predicted octanol–water partition coefficient (Wildman–Crippen LogP) is 3.18. The number of benzene rings is 1. The van der Waals surface area contributed by atoms with Gasteiger partial charge in [0.25, 0.3) is 0 Å². The first-order valence-electron chi connectivity index (χ1n) is 6.38. The van der Waals surface area contributed by atoms with Crippen LogP contribution in [-0.4, -0.2) is 23.0 Å². The number of hydrogen-bond acceptors (Lipinski definition) is 6. The lowest BCUT2D eigenvalue weighted by atomic mass is 10.0. The molecule has 3 aromatic rings. The van der Waals surface area contributed by atoms with E-state index in [-0.39, 0.29) is 12.4 Å². The maximum Gasteiger partial charge on any atom is 0.313 e. The monoisotopic (exact) mass is 298 g/mol. The summed E-state index contributed by atoms with van der Waals surface area (Å²) >= 11 is 1.52. The number of ether oxygens (including phenoxy) is 2. The summed E-state index contributed by atoms with van der Waals surface area (Å²) in [6.07, 6.45) is 0.0394. The van der Waals surface area contributed by atoms with Gasteiger partial charge in [0.2, 0.25) is 5.88 Å². The molecule has 1 aliphatic rings. The van der Waals surface area contributed by atoms with Crippen LogP contribution in [0.5, 0.6) is 11.6 Å². The highest BCUT2D eigenvalue weighted by Gasteiger charge is 2.24. The Morgan fingerprint density at radius 1 is 1.29 bits per heavy atom. The molecule has 4 rings (SSSR count). The van der Waals surface area contributed by atoms with Crippen LogP contribution in [0.25, 0.3) is 21.3 Å². The fraction of sp³-hybridized carbons (Fsp3) is 0.133. The summed E-state index contributed by atoms with van der Waals surface area (Å²) < 4.78 is 10.5. The van der Waals surface area contributed by atoms with Crippen molar-refractivity contribution < 1.29 is 14.3 Å². The zero-order valence-electron chi connectivity index (χ0n) is 11.1. The van der Waals surface area contributed by atoms with Crippen molar-refractivity contribution in [2.75, 3.05) is 7.11 Å². The molecule has 0 saturated heterocycles. The van der Waals surface area contributed by atoms with Gasteiger partial charge in [-0.05, 0) is 6.07 Å². The zero-order valence-corrected chi connectivity index (χ0v) is 11.9. The second kappa shape index (κ2) is 4.53. The Morgan fingerprint density at radius 3 is 3.00 bits per heavy atom. The summed E-state index contributed by atoms with van der Waals surface area (Å²) in [7, 11) is 1.35. The smallest absolute Gasteiger partial charge is 0.313 e. The van der Waals surface area contributed by atoms with Crippen LogP contribution in [0.2, 0.25) is 0 Å². The Kier molecular flexibility index (Phi) is 2.65. The molecule has 3 heterocycles. The number of esters is 1. The van der Waals surface area contributed by atoms with Gasteiger partial charge < -0.3 is 9.47 Å². The molecule has 2 aromatic heterocycles. The molecule has 0 spiro atoms. The highest BCUT2D eigenvalue weighted by molar-refractivity contribution is 7.17. The molecule has 0 N–H and O–H groups in total. The molecule has 0 radical (unpaired) electrons. The molecular weight excluding hydrogens is 288 g/mol. The summed E-state index contributed by atoms with van der Waals surface area (Å²) in [4.78, 5) is 21.0. The van der Waals surface area contributed by atoms with Gasteiger partial charge in [-0.2, -0.15) is 4.98 Å². The van der Waals surface area contributed by atoms with Crippen LogP contribution in [0.15, 0.2) is 29.6 Å². The standard InChI is InChI=1S/C15H10N2O3S/c1-19-12(18)6-11-16-14-13-9(7-21-15(13)17-11)8-4-2-3-5-10(8)20-14/h2-5,7H,6H2,1H3. The maximum atomic E-state index is 11.4. The Balaban J connectivity index is 1.90. The Hall–Kier alpha value is -2.47. The van der Waals surface area contributed by atoms with Gasteiger partial charge in [-0.15, -0.1) is 11.3 Å². The summed E-state index contributed by atoms with van der Waals surface area (Å²) in [6, 6.07) is 7.82. The molecule has 0 atom stereocenters. The lowest BCUT2D eigenvalue weighted by Gasteiger charge is -2.16. The topological polar surface area (TPSA) is 61.3 Å². The molecule has 21 heavy (non-hydrogen) atoms. The van der Waals surface area contributed by atoms with Crippen LogP contribution < -0.4 is 4.74 Å². The number of hydrogen-bond donors (Lipinski definition) is 0. The summed E-state index contributed by atoms with van der Waals surface area (Å²) in [5, 5.41) is 2.96. The van der Waals surface area contributed by atoms with Crippen molar-refractivity contribution in [1.29, 1.82) is 0 Å². The van der Waals surface area contributed by atoms with Crippen LogP contribution in [0.4, 0.5) is 0 Å². The molecule has 0 saturated carbocycles. The van der Waals surface area contributed by atoms with E-state index in [0.29, 0.717) is 11.7 Å². The van der Waals surface area contributed by atoms with E-state index in [1.807, 2.05) is 29.6 Å². The zero-order chi connectivity index (χ0) is 14.4. The first-order valence-corrected chi connectivity index (χ1v) is 7.26. The van der Waals surface area contributed by atoms with E-state index in [1.54, 1.807) is 0 Å². The molecule has 5 nitrogen and oxygen atoms in total. The number of carbonyl (C=O) groups is 1. The molecule has 0 amide bonds. The molecule has 0 fully saturated rings. The van der Waals surface area contributed by atoms with E-state index >= 15 is 0 Å². The van der Waals surface area contributed by atoms with E-state index < -0.39 is 0 Å². The first-order chi connectivity index (χ1) is 10.3. The summed E-state index contributed by atoms with van der Waals surface area (Å²) in [6.45, 7) is 0. The van der Waals surface area contributed by atoms with Crippen LogP contribution in [0.1, 0.15) is 5.82 Å². The third-order valence-corrected chi connectivity index (χ3v) is 4.23. The number of thiophene rings is 1. The minimum absolute atomic E-state index is 0.0394. The fourth-order valence-corrected chi connectivity index (χ4v) is 3.33. The van der Waals surface area contributed by atoms with Gasteiger partial charge in [-0.1, -0.05) is 18.2 Å². The molecular formula is C15H10N2O3S. The fourth-order valence-electron chi connectivity index (χ4n) is 2.39. The Morgan fingerprint density at radius 2 is 2.14 bits per heavy atom. The highest BCUT2D eigenvalue weighted by atomic mass is 32.1. The minimum Gasteiger partial charge on any atom is -0.469 e. The van der Waals surface area contributed by atoms with E-state index in [1.165, 1.54) is 18.4 Å². The number of fused-ring (bicyclic) bond motifs is 2. The van der Waals surface area contributed by atoms with Crippen molar-refractivity contribution in [3.05, 3.63) is 35.5 Å². The van der Waals surface area contributed by atoms with Crippen molar-refractivity contribution in [2.24, 2.45) is 0 Å². The van der Waals surface area contributed by atoms with E-state index in [2.05, 4.69) is 14.7 Å². The van der Waals surface area contributed by atoms with Crippen molar-refractivity contribution in [3.63, 3.8) is 0 Å².